The maximum Gasteiger partial charge on any atom is 0.243 e. The second-order valence-electron chi connectivity index (χ2n) is 8.83. The van der Waals surface area contributed by atoms with Crippen molar-refractivity contribution in [2.75, 3.05) is 32.7 Å². The molecule has 0 saturated carbocycles. The predicted molar refractivity (Wildman–Crippen MR) is 115 cm³/mol. The maximum atomic E-state index is 13.0. The van der Waals surface area contributed by atoms with Gasteiger partial charge < -0.3 is 4.90 Å². The molecule has 0 aliphatic carbocycles. The minimum absolute atomic E-state index is 0.172. The van der Waals surface area contributed by atoms with Crippen molar-refractivity contribution < 1.29 is 13.2 Å². The Bertz CT molecular complexity index is 789. The Kier molecular flexibility index (Phi) is 7.02. The van der Waals surface area contributed by atoms with Crippen LogP contribution in [-0.4, -0.2) is 73.2 Å². The molecule has 0 N–H and O–H groups in total. The van der Waals surface area contributed by atoms with E-state index in [4.69, 9.17) is 0 Å². The topological polar surface area (TPSA) is 60.9 Å². The highest BCUT2D eigenvalue weighted by Gasteiger charge is 2.32. The molecule has 1 aromatic carbocycles. The van der Waals surface area contributed by atoms with Crippen molar-refractivity contribution in [2.45, 2.75) is 69.9 Å². The standard InChI is InChI=1S/C22H35N3O3S/c1-17(2)20-8-10-21(11-9-20)29(27,28)24-14-12-23(13-15-24)16-22(26)25-18(3)6-5-7-19(25)4/h8-11,17-19H,5-7,12-16H2,1-4H3/t18-,19-/m1/s1. The van der Waals surface area contributed by atoms with Gasteiger partial charge in [-0.2, -0.15) is 4.31 Å². The molecule has 2 aliphatic heterocycles. The number of likely N-dealkylation sites (tertiary alicyclic amines) is 1. The van der Waals surface area contributed by atoms with Gasteiger partial charge >= 0.3 is 0 Å². The van der Waals surface area contributed by atoms with Gasteiger partial charge in [-0.3, -0.25) is 9.69 Å². The first-order chi connectivity index (χ1) is 13.7. The molecular weight excluding hydrogens is 386 g/mol. The maximum absolute atomic E-state index is 13.0. The molecule has 1 aromatic rings. The lowest BCUT2D eigenvalue weighted by atomic mass is 9.97. The molecule has 162 valence electrons. The number of piperidine rings is 1. The Morgan fingerprint density at radius 3 is 2.07 bits per heavy atom. The van der Waals surface area contributed by atoms with Crippen molar-refractivity contribution in [3.05, 3.63) is 29.8 Å². The van der Waals surface area contributed by atoms with Gasteiger partial charge in [0.1, 0.15) is 0 Å². The Labute approximate surface area is 175 Å². The van der Waals surface area contributed by atoms with Crippen LogP contribution in [0.15, 0.2) is 29.2 Å². The Balaban J connectivity index is 1.57. The number of nitrogens with zero attached hydrogens (tertiary/aromatic N) is 3. The van der Waals surface area contributed by atoms with E-state index in [9.17, 15) is 13.2 Å². The molecule has 6 nitrogen and oxygen atoms in total. The molecule has 2 saturated heterocycles. The molecule has 0 bridgehead atoms. The number of hydrogen-bond acceptors (Lipinski definition) is 4. The molecule has 2 heterocycles. The third-order valence-electron chi connectivity index (χ3n) is 6.36. The largest absolute Gasteiger partial charge is 0.336 e. The first kappa shape index (κ1) is 22.2. The Morgan fingerprint density at radius 2 is 1.55 bits per heavy atom. The summed E-state index contributed by atoms with van der Waals surface area (Å²) in [6.45, 7) is 10.8. The summed E-state index contributed by atoms with van der Waals surface area (Å²) in [5, 5.41) is 0. The summed E-state index contributed by atoms with van der Waals surface area (Å²) in [5.41, 5.74) is 1.13. The summed E-state index contributed by atoms with van der Waals surface area (Å²) in [6.07, 6.45) is 3.32. The monoisotopic (exact) mass is 421 g/mol. The second-order valence-corrected chi connectivity index (χ2v) is 10.8. The number of carbonyl (C=O) groups excluding carboxylic acids is 1. The summed E-state index contributed by atoms with van der Waals surface area (Å²) in [5.74, 6) is 0.545. The van der Waals surface area contributed by atoms with Crippen molar-refractivity contribution >= 4 is 15.9 Å². The molecule has 0 unspecified atom stereocenters. The van der Waals surface area contributed by atoms with E-state index in [0.29, 0.717) is 55.6 Å². The number of sulfonamides is 1. The Hall–Kier alpha value is -1.44. The highest BCUT2D eigenvalue weighted by Crippen LogP contribution is 2.24. The SMILES string of the molecule is CC(C)c1ccc(S(=O)(=O)N2CCN(CC(=O)N3[C@H](C)CCC[C@H]3C)CC2)cc1. The van der Waals surface area contributed by atoms with Gasteiger partial charge in [-0.15, -0.1) is 0 Å². The van der Waals surface area contributed by atoms with Gasteiger partial charge in [0.25, 0.3) is 0 Å². The molecular formula is C22H35N3O3S. The zero-order valence-corrected chi connectivity index (χ0v) is 19.0. The zero-order chi connectivity index (χ0) is 21.2. The number of rotatable bonds is 5. The minimum atomic E-state index is -3.48. The van der Waals surface area contributed by atoms with Crippen LogP contribution >= 0.6 is 0 Å². The van der Waals surface area contributed by atoms with Crippen molar-refractivity contribution in [1.82, 2.24) is 14.1 Å². The van der Waals surface area contributed by atoms with Gasteiger partial charge in [-0.05, 0) is 56.7 Å². The molecule has 1 amide bonds. The van der Waals surface area contributed by atoms with Crippen molar-refractivity contribution in [3.8, 4) is 0 Å². The molecule has 2 fully saturated rings. The number of benzene rings is 1. The van der Waals surface area contributed by atoms with Crippen LogP contribution in [-0.2, 0) is 14.8 Å². The van der Waals surface area contributed by atoms with Crippen LogP contribution in [0.4, 0.5) is 0 Å². The van der Waals surface area contributed by atoms with E-state index < -0.39 is 10.0 Å². The van der Waals surface area contributed by atoms with Crippen LogP contribution in [0.3, 0.4) is 0 Å². The van der Waals surface area contributed by atoms with E-state index in [0.717, 1.165) is 18.4 Å². The number of amides is 1. The van der Waals surface area contributed by atoms with Crippen LogP contribution in [0.25, 0.3) is 0 Å². The summed E-state index contributed by atoms with van der Waals surface area (Å²) in [6, 6.07) is 7.80. The van der Waals surface area contributed by atoms with E-state index in [-0.39, 0.29) is 5.91 Å². The molecule has 29 heavy (non-hydrogen) atoms. The highest BCUT2D eigenvalue weighted by atomic mass is 32.2. The van der Waals surface area contributed by atoms with E-state index >= 15 is 0 Å². The van der Waals surface area contributed by atoms with E-state index in [2.05, 4.69) is 32.6 Å². The van der Waals surface area contributed by atoms with Gasteiger partial charge in [0.2, 0.25) is 15.9 Å². The van der Waals surface area contributed by atoms with Crippen molar-refractivity contribution in [2.24, 2.45) is 0 Å². The van der Waals surface area contributed by atoms with E-state index in [1.165, 1.54) is 6.42 Å². The molecule has 7 heteroatoms. The van der Waals surface area contributed by atoms with Crippen molar-refractivity contribution in [1.29, 1.82) is 0 Å². The molecule has 0 aromatic heterocycles. The zero-order valence-electron chi connectivity index (χ0n) is 18.2. The van der Waals surface area contributed by atoms with Gasteiger partial charge in [-0.25, -0.2) is 8.42 Å². The van der Waals surface area contributed by atoms with Gasteiger partial charge in [0, 0.05) is 38.3 Å². The van der Waals surface area contributed by atoms with Crippen LogP contribution in [0.1, 0.15) is 58.4 Å². The summed E-state index contributed by atoms with van der Waals surface area (Å²) in [4.78, 5) is 17.3. The first-order valence-electron chi connectivity index (χ1n) is 10.8. The number of hydrogen-bond donors (Lipinski definition) is 0. The lowest BCUT2D eigenvalue weighted by Crippen LogP contribution is -2.54. The average Bonchev–Trinajstić information content (AvgIpc) is 2.68. The smallest absolute Gasteiger partial charge is 0.243 e. The first-order valence-corrected chi connectivity index (χ1v) is 12.3. The number of carbonyl (C=O) groups is 1. The lowest BCUT2D eigenvalue weighted by Gasteiger charge is -2.41. The van der Waals surface area contributed by atoms with Gasteiger partial charge in [-0.1, -0.05) is 26.0 Å². The lowest BCUT2D eigenvalue weighted by molar-refractivity contribution is -0.138. The third-order valence-corrected chi connectivity index (χ3v) is 8.27. The minimum Gasteiger partial charge on any atom is -0.336 e. The summed E-state index contributed by atoms with van der Waals surface area (Å²) >= 11 is 0. The van der Waals surface area contributed by atoms with Crippen LogP contribution < -0.4 is 0 Å². The van der Waals surface area contributed by atoms with Crippen LogP contribution in [0.2, 0.25) is 0 Å². The molecule has 2 aliphatic rings. The number of piperazine rings is 1. The van der Waals surface area contributed by atoms with Crippen LogP contribution in [0.5, 0.6) is 0 Å². The summed E-state index contributed by atoms with van der Waals surface area (Å²) < 4.78 is 27.5. The highest BCUT2D eigenvalue weighted by molar-refractivity contribution is 7.89. The fraction of sp³-hybridized carbons (Fsp3) is 0.682. The molecule has 3 rings (SSSR count). The summed E-state index contributed by atoms with van der Waals surface area (Å²) in [7, 11) is -3.48. The van der Waals surface area contributed by atoms with Gasteiger partial charge in [0.05, 0.1) is 11.4 Å². The normalized spacial score (nSPS) is 24.8. The Morgan fingerprint density at radius 1 is 1.00 bits per heavy atom. The fourth-order valence-corrected chi connectivity index (χ4v) is 5.91. The van der Waals surface area contributed by atoms with Gasteiger partial charge in [0.15, 0.2) is 0 Å². The second kappa shape index (κ2) is 9.14. The van der Waals surface area contributed by atoms with Crippen LogP contribution in [0, 0.1) is 0 Å². The quantitative estimate of drug-likeness (QED) is 0.733. The van der Waals surface area contributed by atoms with E-state index in [1.54, 1.807) is 16.4 Å². The molecule has 2 atom stereocenters. The molecule has 0 spiro atoms. The average molecular weight is 422 g/mol. The fourth-order valence-electron chi connectivity index (χ4n) is 4.49. The molecule has 0 radical (unpaired) electrons. The third kappa shape index (κ3) is 5.01. The predicted octanol–water partition coefficient (Wildman–Crippen LogP) is 2.91. The van der Waals surface area contributed by atoms with Crippen molar-refractivity contribution in [3.63, 3.8) is 0 Å². The van der Waals surface area contributed by atoms with E-state index in [1.807, 2.05) is 17.0 Å².